The lowest BCUT2D eigenvalue weighted by atomic mass is 9.78. The van der Waals surface area contributed by atoms with Gasteiger partial charge in [0, 0.05) is 0 Å². The number of carboxylic acid groups (broad SMARTS) is 1. The van der Waals surface area contributed by atoms with Crippen molar-refractivity contribution in [3.8, 4) is 0 Å². The summed E-state index contributed by atoms with van der Waals surface area (Å²) in [7, 11) is 0. The number of hydrogen-bond acceptors (Lipinski definition) is 3. The van der Waals surface area contributed by atoms with Gasteiger partial charge in [-0.3, -0.25) is 9.59 Å². The van der Waals surface area contributed by atoms with E-state index in [9.17, 15) is 14.7 Å². The van der Waals surface area contributed by atoms with Gasteiger partial charge in [0.1, 0.15) is 6.10 Å². The first-order valence-corrected chi connectivity index (χ1v) is 11.6. The monoisotopic (exact) mass is 394 g/mol. The van der Waals surface area contributed by atoms with E-state index in [0.29, 0.717) is 30.1 Å². The van der Waals surface area contributed by atoms with Crippen LogP contribution in [0.1, 0.15) is 105 Å². The fourth-order valence-electron chi connectivity index (χ4n) is 5.44. The number of carbonyl (C=O) groups excluding carboxylic acids is 1. The van der Waals surface area contributed by atoms with Crippen LogP contribution in [0.2, 0.25) is 0 Å². The van der Waals surface area contributed by atoms with Gasteiger partial charge in [-0.2, -0.15) is 0 Å². The zero-order chi connectivity index (χ0) is 20.7. The molecule has 0 bridgehead atoms. The summed E-state index contributed by atoms with van der Waals surface area (Å²) in [5.74, 6) is -1.05. The van der Waals surface area contributed by atoms with E-state index in [2.05, 4.69) is 27.7 Å². The Bertz CT molecular complexity index is 501. The van der Waals surface area contributed by atoms with Crippen molar-refractivity contribution in [3.63, 3.8) is 0 Å². The van der Waals surface area contributed by atoms with Gasteiger partial charge >= 0.3 is 11.9 Å². The Kier molecular flexibility index (Phi) is 8.82. The maximum absolute atomic E-state index is 13.0. The van der Waals surface area contributed by atoms with Crippen LogP contribution in [0.15, 0.2) is 0 Å². The third-order valence-electron chi connectivity index (χ3n) is 6.73. The molecule has 0 aromatic carbocycles. The van der Waals surface area contributed by atoms with Gasteiger partial charge in [0.2, 0.25) is 0 Å². The van der Waals surface area contributed by atoms with Gasteiger partial charge in [0.05, 0.1) is 11.8 Å². The molecule has 28 heavy (non-hydrogen) atoms. The van der Waals surface area contributed by atoms with Crippen molar-refractivity contribution < 1.29 is 19.4 Å². The maximum atomic E-state index is 13.0. The summed E-state index contributed by atoms with van der Waals surface area (Å²) in [6.45, 7) is 9.12. The molecule has 2 saturated carbocycles. The molecule has 0 aromatic rings. The molecule has 0 amide bonds. The molecule has 2 rings (SSSR count). The van der Waals surface area contributed by atoms with Crippen molar-refractivity contribution in [1.29, 1.82) is 0 Å². The number of rotatable bonds is 8. The average molecular weight is 395 g/mol. The number of carboxylic acids is 1. The Morgan fingerprint density at radius 3 is 2.07 bits per heavy atom. The van der Waals surface area contributed by atoms with Crippen LogP contribution in [-0.4, -0.2) is 23.1 Å². The summed E-state index contributed by atoms with van der Waals surface area (Å²) in [6, 6.07) is 0. The molecule has 0 heterocycles. The standard InChI is InChI=1S/C24H42O4/c1-17(16-24(2,3)4)14-15-21(18-10-6-5-7-11-18)28-23(27)20-13-9-8-12-19(20)22(25)26/h17-21H,5-16H2,1-4H3,(H,25,26). The van der Waals surface area contributed by atoms with E-state index in [1.807, 2.05) is 0 Å². The molecule has 162 valence electrons. The predicted molar refractivity (Wildman–Crippen MR) is 112 cm³/mol. The summed E-state index contributed by atoms with van der Waals surface area (Å²) >= 11 is 0. The van der Waals surface area contributed by atoms with Gasteiger partial charge in [-0.15, -0.1) is 0 Å². The van der Waals surface area contributed by atoms with E-state index >= 15 is 0 Å². The predicted octanol–water partition coefficient (Wildman–Crippen LogP) is 6.22. The van der Waals surface area contributed by atoms with Crippen LogP contribution in [0.4, 0.5) is 0 Å². The van der Waals surface area contributed by atoms with E-state index in [-0.39, 0.29) is 12.1 Å². The van der Waals surface area contributed by atoms with Crippen LogP contribution in [0.5, 0.6) is 0 Å². The molecule has 0 aliphatic heterocycles. The minimum Gasteiger partial charge on any atom is -0.481 e. The Labute approximate surface area is 171 Å². The van der Waals surface area contributed by atoms with Crippen molar-refractivity contribution in [2.45, 2.75) is 111 Å². The van der Waals surface area contributed by atoms with Gasteiger partial charge in [-0.05, 0) is 62.2 Å². The summed E-state index contributed by atoms with van der Waals surface area (Å²) in [6.07, 6.45) is 12.2. The molecule has 4 nitrogen and oxygen atoms in total. The smallest absolute Gasteiger partial charge is 0.310 e. The number of ether oxygens (including phenoxy) is 1. The number of hydrogen-bond donors (Lipinski definition) is 1. The number of esters is 1. The fourth-order valence-corrected chi connectivity index (χ4v) is 5.44. The highest BCUT2D eigenvalue weighted by Crippen LogP contribution is 2.36. The molecule has 2 aliphatic carbocycles. The van der Waals surface area contributed by atoms with Gasteiger partial charge in [0.15, 0.2) is 0 Å². The first-order valence-electron chi connectivity index (χ1n) is 11.6. The van der Waals surface area contributed by atoms with E-state index in [1.54, 1.807) is 0 Å². The molecular weight excluding hydrogens is 352 g/mol. The molecule has 1 N–H and O–H groups in total. The van der Waals surface area contributed by atoms with Crippen LogP contribution >= 0.6 is 0 Å². The van der Waals surface area contributed by atoms with Crippen LogP contribution < -0.4 is 0 Å². The van der Waals surface area contributed by atoms with Crippen molar-refractivity contribution in [1.82, 2.24) is 0 Å². The molecule has 0 radical (unpaired) electrons. The highest BCUT2D eigenvalue weighted by Gasteiger charge is 2.38. The molecule has 4 heteroatoms. The van der Waals surface area contributed by atoms with Crippen molar-refractivity contribution in [2.75, 3.05) is 0 Å². The van der Waals surface area contributed by atoms with E-state index in [0.717, 1.165) is 38.5 Å². The second-order valence-corrected chi connectivity index (χ2v) is 10.7. The minimum atomic E-state index is -0.838. The maximum Gasteiger partial charge on any atom is 0.310 e. The highest BCUT2D eigenvalue weighted by atomic mass is 16.5. The summed E-state index contributed by atoms with van der Waals surface area (Å²) in [4.78, 5) is 24.6. The molecule has 4 atom stereocenters. The normalized spacial score (nSPS) is 26.4. The van der Waals surface area contributed by atoms with Crippen molar-refractivity contribution in [3.05, 3.63) is 0 Å². The van der Waals surface area contributed by atoms with Gasteiger partial charge in [-0.1, -0.05) is 59.8 Å². The van der Waals surface area contributed by atoms with Crippen LogP contribution in [0.25, 0.3) is 0 Å². The Hall–Kier alpha value is -1.06. The third kappa shape index (κ3) is 7.40. The fraction of sp³-hybridized carbons (Fsp3) is 0.917. The molecule has 2 aliphatic rings. The van der Waals surface area contributed by atoms with Gasteiger partial charge in [-0.25, -0.2) is 0 Å². The molecule has 4 unspecified atom stereocenters. The van der Waals surface area contributed by atoms with Crippen LogP contribution in [-0.2, 0) is 14.3 Å². The third-order valence-corrected chi connectivity index (χ3v) is 6.73. The minimum absolute atomic E-state index is 0.0356. The Morgan fingerprint density at radius 1 is 0.929 bits per heavy atom. The lowest BCUT2D eigenvalue weighted by molar-refractivity contribution is -0.166. The zero-order valence-electron chi connectivity index (χ0n) is 18.5. The first-order chi connectivity index (χ1) is 13.2. The second-order valence-electron chi connectivity index (χ2n) is 10.7. The molecule has 2 fully saturated rings. The zero-order valence-corrected chi connectivity index (χ0v) is 18.5. The Balaban J connectivity index is 1.99. The van der Waals surface area contributed by atoms with E-state index < -0.39 is 17.8 Å². The van der Waals surface area contributed by atoms with Gasteiger partial charge < -0.3 is 9.84 Å². The lowest BCUT2D eigenvalue weighted by Gasteiger charge is -2.34. The van der Waals surface area contributed by atoms with Crippen LogP contribution in [0.3, 0.4) is 0 Å². The number of carbonyl (C=O) groups is 2. The molecular formula is C24H42O4. The molecule has 0 saturated heterocycles. The highest BCUT2D eigenvalue weighted by molar-refractivity contribution is 5.81. The SMILES string of the molecule is CC(CCC(OC(=O)C1CCCCC1C(=O)O)C1CCCCC1)CC(C)(C)C. The van der Waals surface area contributed by atoms with Crippen molar-refractivity contribution >= 4 is 11.9 Å². The topological polar surface area (TPSA) is 63.6 Å². The Morgan fingerprint density at radius 2 is 1.50 bits per heavy atom. The van der Waals surface area contributed by atoms with Crippen LogP contribution in [0, 0.1) is 29.1 Å². The average Bonchev–Trinajstić information content (AvgIpc) is 2.64. The molecule has 0 spiro atoms. The van der Waals surface area contributed by atoms with E-state index in [4.69, 9.17) is 4.74 Å². The van der Waals surface area contributed by atoms with Gasteiger partial charge in [0.25, 0.3) is 0 Å². The summed E-state index contributed by atoms with van der Waals surface area (Å²) in [5, 5.41) is 9.52. The van der Waals surface area contributed by atoms with Crippen molar-refractivity contribution in [2.24, 2.45) is 29.1 Å². The second kappa shape index (κ2) is 10.6. The largest absolute Gasteiger partial charge is 0.481 e. The lowest BCUT2D eigenvalue weighted by Crippen LogP contribution is -2.38. The number of aliphatic carboxylic acids is 1. The van der Waals surface area contributed by atoms with E-state index in [1.165, 1.54) is 25.7 Å². The summed E-state index contributed by atoms with van der Waals surface area (Å²) < 4.78 is 6.09. The summed E-state index contributed by atoms with van der Waals surface area (Å²) in [5.41, 5.74) is 0.313. The molecule has 0 aromatic heterocycles. The first kappa shape index (κ1) is 23.2. The quantitative estimate of drug-likeness (QED) is 0.496.